The van der Waals surface area contributed by atoms with Crippen LogP contribution in [0, 0.1) is 6.92 Å². The van der Waals surface area contributed by atoms with Crippen molar-refractivity contribution in [3.8, 4) is 5.75 Å². The number of hydrogen-bond acceptors (Lipinski definition) is 8. The number of carbonyl (C=O) groups excluding carboxylic acids is 1. The number of benzene rings is 1. The number of aryl methyl sites for hydroxylation is 1. The Hall–Kier alpha value is -3.17. The number of likely N-dealkylation sites (tertiary alicyclic amines) is 2. The Labute approximate surface area is 218 Å². The first-order valence-corrected chi connectivity index (χ1v) is 13.5. The van der Waals surface area contributed by atoms with Gasteiger partial charge in [0.05, 0.1) is 24.5 Å². The Kier molecular flexibility index (Phi) is 6.73. The molecule has 1 N–H and O–H groups in total. The number of anilines is 3. The summed E-state index contributed by atoms with van der Waals surface area (Å²) in [6.07, 6.45) is 6.36. The maximum Gasteiger partial charge on any atom is 0.246 e. The lowest BCUT2D eigenvalue weighted by Gasteiger charge is -2.36. The fraction of sp³-hybridized carbons (Fsp3) is 0.536. The van der Waals surface area contributed by atoms with E-state index in [1.165, 1.54) is 11.6 Å². The summed E-state index contributed by atoms with van der Waals surface area (Å²) in [6.45, 7) is 13.0. The van der Waals surface area contributed by atoms with Crippen LogP contribution >= 0.6 is 0 Å². The molecule has 0 aliphatic carbocycles. The van der Waals surface area contributed by atoms with Crippen LogP contribution in [0.5, 0.6) is 5.75 Å². The summed E-state index contributed by atoms with van der Waals surface area (Å²) in [5.74, 6) is 3.20. The van der Waals surface area contributed by atoms with E-state index in [0.717, 1.165) is 92.7 Å². The molecule has 196 valence electrons. The normalized spacial score (nSPS) is 22.5. The van der Waals surface area contributed by atoms with Gasteiger partial charge in [-0.2, -0.15) is 0 Å². The molecule has 1 amide bonds. The number of nitrogens with zero attached hydrogens (tertiary/aromatic N) is 5. The van der Waals surface area contributed by atoms with Crippen LogP contribution in [-0.2, 0) is 16.1 Å². The highest BCUT2D eigenvalue weighted by Gasteiger charge is 2.33. The minimum atomic E-state index is 0.0523. The summed E-state index contributed by atoms with van der Waals surface area (Å²) in [4.78, 5) is 27.9. The second-order valence-electron chi connectivity index (χ2n) is 10.5. The maximum atomic E-state index is 12.0. The molecule has 9 heteroatoms. The molecule has 2 aromatic rings. The van der Waals surface area contributed by atoms with Crippen LogP contribution in [0.1, 0.15) is 41.9 Å². The van der Waals surface area contributed by atoms with Gasteiger partial charge in [0.25, 0.3) is 0 Å². The molecule has 1 atom stereocenters. The van der Waals surface area contributed by atoms with Crippen molar-refractivity contribution in [2.45, 2.75) is 44.8 Å². The molecule has 5 heterocycles. The first-order valence-electron chi connectivity index (χ1n) is 13.5. The van der Waals surface area contributed by atoms with Crippen LogP contribution < -0.4 is 15.0 Å². The minimum absolute atomic E-state index is 0.0523. The summed E-state index contributed by atoms with van der Waals surface area (Å²) in [7, 11) is 0. The van der Waals surface area contributed by atoms with Gasteiger partial charge in [0, 0.05) is 32.2 Å². The quantitative estimate of drug-likeness (QED) is 0.636. The van der Waals surface area contributed by atoms with Gasteiger partial charge in [0.15, 0.2) is 0 Å². The van der Waals surface area contributed by atoms with Gasteiger partial charge in [-0.05, 0) is 68.5 Å². The number of morpholine rings is 1. The third kappa shape index (κ3) is 4.78. The molecular weight excluding hydrogens is 468 g/mol. The van der Waals surface area contributed by atoms with Crippen molar-refractivity contribution in [1.82, 2.24) is 19.8 Å². The molecule has 0 radical (unpaired) electrons. The fourth-order valence-corrected chi connectivity index (χ4v) is 6.25. The van der Waals surface area contributed by atoms with Gasteiger partial charge in [0.2, 0.25) is 5.91 Å². The molecule has 3 saturated heterocycles. The lowest BCUT2D eigenvalue weighted by molar-refractivity contribution is -0.125. The highest BCUT2D eigenvalue weighted by Crippen LogP contribution is 2.41. The van der Waals surface area contributed by atoms with Gasteiger partial charge >= 0.3 is 0 Å². The van der Waals surface area contributed by atoms with E-state index in [9.17, 15) is 4.79 Å². The molecule has 0 unspecified atom stereocenters. The molecule has 37 heavy (non-hydrogen) atoms. The molecule has 9 nitrogen and oxygen atoms in total. The molecule has 0 bridgehead atoms. The molecule has 0 saturated carbocycles. The highest BCUT2D eigenvalue weighted by atomic mass is 16.5. The minimum Gasteiger partial charge on any atom is -0.486 e. The van der Waals surface area contributed by atoms with E-state index in [2.05, 4.69) is 50.7 Å². The molecule has 1 aromatic heterocycles. The van der Waals surface area contributed by atoms with Crippen molar-refractivity contribution in [1.29, 1.82) is 0 Å². The van der Waals surface area contributed by atoms with E-state index in [0.29, 0.717) is 31.8 Å². The Morgan fingerprint density at radius 2 is 1.92 bits per heavy atom. The average Bonchev–Trinajstić information content (AvgIpc) is 3.35. The fourth-order valence-electron chi connectivity index (χ4n) is 6.25. The number of amides is 1. The molecule has 1 aromatic carbocycles. The van der Waals surface area contributed by atoms with E-state index in [1.54, 1.807) is 6.33 Å². The van der Waals surface area contributed by atoms with Crippen LogP contribution in [0.2, 0.25) is 0 Å². The SMILES string of the molecule is C=CC(=O)N1CC[C@H](N2CCC(c3cc(C)c4c(c3)Nc3ncnc(N5CCOCC5)c3CO4)CC2)C1. The predicted octanol–water partition coefficient (Wildman–Crippen LogP) is 3.22. The maximum absolute atomic E-state index is 12.0. The zero-order valence-electron chi connectivity index (χ0n) is 21.6. The van der Waals surface area contributed by atoms with Crippen molar-refractivity contribution < 1.29 is 14.3 Å². The second kappa shape index (κ2) is 10.3. The highest BCUT2D eigenvalue weighted by molar-refractivity contribution is 5.87. The van der Waals surface area contributed by atoms with E-state index in [-0.39, 0.29) is 5.91 Å². The van der Waals surface area contributed by atoms with Gasteiger partial charge in [-0.25, -0.2) is 9.97 Å². The van der Waals surface area contributed by atoms with Gasteiger partial charge in [-0.1, -0.05) is 12.6 Å². The third-order valence-corrected chi connectivity index (χ3v) is 8.31. The monoisotopic (exact) mass is 504 g/mol. The van der Waals surface area contributed by atoms with Crippen molar-refractivity contribution in [3.63, 3.8) is 0 Å². The molecule has 3 fully saturated rings. The number of piperidine rings is 1. The number of rotatable bonds is 4. The topological polar surface area (TPSA) is 83.1 Å². The summed E-state index contributed by atoms with van der Waals surface area (Å²) in [5, 5.41) is 3.59. The van der Waals surface area contributed by atoms with Gasteiger partial charge in [-0.15, -0.1) is 0 Å². The summed E-state index contributed by atoms with van der Waals surface area (Å²) in [6, 6.07) is 5.02. The number of ether oxygens (including phenoxy) is 2. The van der Waals surface area contributed by atoms with Crippen LogP contribution in [0.4, 0.5) is 17.3 Å². The standard InChI is InChI=1S/C28H36N6O3/c1-3-25(35)34-9-6-22(16-34)32-7-4-20(5-8-32)21-14-19(2)26-24(15-21)31-27-23(17-37-26)28(30-18-29-27)33-10-12-36-13-11-33/h3,14-15,18,20,22H,1,4-13,16-17H2,2H3,(H,29,30,31)/t22-/m0/s1. The van der Waals surface area contributed by atoms with E-state index in [4.69, 9.17) is 9.47 Å². The van der Waals surface area contributed by atoms with Gasteiger partial charge < -0.3 is 24.6 Å². The second-order valence-corrected chi connectivity index (χ2v) is 10.5. The molecule has 4 aliphatic heterocycles. The number of aromatic nitrogens is 2. The van der Waals surface area contributed by atoms with Crippen LogP contribution in [0.25, 0.3) is 0 Å². The molecular formula is C28H36N6O3. The average molecular weight is 505 g/mol. The van der Waals surface area contributed by atoms with Crippen LogP contribution in [-0.4, -0.2) is 84.2 Å². The number of carbonyl (C=O) groups is 1. The molecule has 6 rings (SSSR count). The van der Waals surface area contributed by atoms with Gasteiger partial charge in [0.1, 0.15) is 30.3 Å². The van der Waals surface area contributed by atoms with E-state index < -0.39 is 0 Å². The van der Waals surface area contributed by atoms with Crippen LogP contribution in [0.3, 0.4) is 0 Å². The summed E-state index contributed by atoms with van der Waals surface area (Å²) in [5.41, 5.74) is 4.48. The Balaban J connectivity index is 1.16. The van der Waals surface area contributed by atoms with Crippen LogP contribution in [0.15, 0.2) is 31.1 Å². The predicted molar refractivity (Wildman–Crippen MR) is 143 cm³/mol. The zero-order chi connectivity index (χ0) is 25.4. The first-order chi connectivity index (χ1) is 18.1. The van der Waals surface area contributed by atoms with E-state index in [1.807, 2.05) is 4.90 Å². The first kappa shape index (κ1) is 24.2. The Bertz CT molecular complexity index is 1170. The summed E-state index contributed by atoms with van der Waals surface area (Å²) >= 11 is 0. The van der Waals surface area contributed by atoms with Crippen molar-refractivity contribution in [3.05, 3.63) is 47.8 Å². The number of nitrogens with one attached hydrogen (secondary N) is 1. The lowest BCUT2D eigenvalue weighted by Crippen LogP contribution is -2.43. The number of hydrogen-bond donors (Lipinski definition) is 1. The van der Waals surface area contributed by atoms with Crippen molar-refractivity contribution in [2.75, 3.05) is 62.7 Å². The molecule has 0 spiro atoms. The summed E-state index contributed by atoms with van der Waals surface area (Å²) < 4.78 is 11.9. The third-order valence-electron chi connectivity index (χ3n) is 8.31. The zero-order valence-corrected chi connectivity index (χ0v) is 21.6. The Morgan fingerprint density at radius 1 is 1.11 bits per heavy atom. The van der Waals surface area contributed by atoms with Crippen molar-refractivity contribution >= 4 is 23.2 Å². The van der Waals surface area contributed by atoms with Crippen molar-refractivity contribution in [2.24, 2.45) is 0 Å². The smallest absolute Gasteiger partial charge is 0.246 e. The van der Waals surface area contributed by atoms with E-state index >= 15 is 0 Å². The largest absolute Gasteiger partial charge is 0.486 e. The van der Waals surface area contributed by atoms with Gasteiger partial charge in [-0.3, -0.25) is 9.69 Å². The molecule has 4 aliphatic rings. The number of fused-ring (bicyclic) bond motifs is 2. The Morgan fingerprint density at radius 3 is 2.70 bits per heavy atom. The lowest BCUT2D eigenvalue weighted by atomic mass is 9.87.